The van der Waals surface area contributed by atoms with E-state index >= 15 is 0 Å². The van der Waals surface area contributed by atoms with E-state index in [-0.39, 0.29) is 65.5 Å². The molecule has 19 heteroatoms. The van der Waals surface area contributed by atoms with E-state index < -0.39 is 0 Å². The summed E-state index contributed by atoms with van der Waals surface area (Å²) < 4.78 is 18.6. The minimum Gasteiger partial charge on any atom is -0.855 e. The van der Waals surface area contributed by atoms with Crippen molar-refractivity contribution in [2.45, 2.75) is 74.5 Å². The summed E-state index contributed by atoms with van der Waals surface area (Å²) in [5, 5.41) is 18.8. The van der Waals surface area contributed by atoms with Gasteiger partial charge in [0.2, 0.25) is 16.4 Å². The first-order chi connectivity index (χ1) is 28.7. The first-order valence-electron chi connectivity index (χ1n) is 19.0. The van der Waals surface area contributed by atoms with Crippen molar-refractivity contribution in [1.29, 1.82) is 0 Å². The molecule has 0 fully saturated rings. The van der Waals surface area contributed by atoms with Crippen LogP contribution in [0.2, 0.25) is 15.7 Å². The average Bonchev–Trinajstić information content (AvgIpc) is 3.75. The predicted molar refractivity (Wildman–Crippen MR) is 242 cm³/mol. The molecular weight excluding hydrogens is 890 g/mol. The molecule has 0 amide bonds. The van der Waals surface area contributed by atoms with Gasteiger partial charge in [-0.25, -0.2) is 34.9 Å². The van der Waals surface area contributed by atoms with Crippen LogP contribution in [-0.4, -0.2) is 77.0 Å². The number of aliphatic hydroxyl groups is 1. The zero-order chi connectivity index (χ0) is 43.7. The van der Waals surface area contributed by atoms with Gasteiger partial charge in [0.1, 0.15) is 31.4 Å². The molecule has 8 rings (SSSR count). The van der Waals surface area contributed by atoms with Crippen LogP contribution in [0, 0.1) is 13.8 Å². The average molecular weight is 934 g/mol. The Hall–Kier alpha value is -3.61. The second-order valence-corrected chi connectivity index (χ2v) is 16.2. The molecule has 0 spiro atoms. The largest absolute Gasteiger partial charge is 1.00 e. The third-order valence-corrected chi connectivity index (χ3v) is 10.7. The maximum Gasteiger partial charge on any atom is 1.00 e. The van der Waals surface area contributed by atoms with Gasteiger partial charge in [-0.1, -0.05) is 18.5 Å². The normalized spacial score (nSPS) is 10.8. The summed E-state index contributed by atoms with van der Waals surface area (Å²) in [6, 6.07) is 15.5. The first-order valence-corrected chi connectivity index (χ1v) is 21.8. The molecular formula is C42H44Cl3N8NaO5S2. The number of hydrogen-bond donors (Lipinski definition) is 1. The molecule has 0 bridgehead atoms. The van der Waals surface area contributed by atoms with Crippen LogP contribution in [0.15, 0.2) is 48.5 Å². The Bertz CT molecular complexity index is 2700. The van der Waals surface area contributed by atoms with Crippen LogP contribution in [0.3, 0.4) is 0 Å². The molecule has 0 aliphatic rings. The standard InChI is InChI=1S/C20H19ClN4O2S.C18H14Cl2N4OS.C2H6O.C2H5O.Na/c1-5-26-18-16-15(23-20(21)25-18)14-11(4)22-17(24-19(14)28-16)12-6-8-13(9-7-12)27-10(2)3;1-8(2)25-11-6-4-10(5-7-11)16-21-9(3)12-13-14(26-17(12)24-16)15(19)23-18(20)22-13;2*1-2-3;/h6-10H,5H2,1-4H3;4-8H,1-3H3;3H,2H2,1H3;2H2,1H3;/q;;;-1;+1. The quantitative estimate of drug-likeness (QED) is 0.0901. The molecule has 0 aliphatic heterocycles. The zero-order valence-electron chi connectivity index (χ0n) is 35.5. The maximum absolute atomic E-state index is 8.93. The number of fused-ring (bicyclic) bond motifs is 6. The molecule has 2 aromatic carbocycles. The molecule has 6 aromatic heterocycles. The number of thiophene rings is 2. The number of nitrogens with zero attached hydrogens (tertiary/aromatic N) is 8. The number of hydrogen-bond acceptors (Lipinski definition) is 15. The van der Waals surface area contributed by atoms with E-state index in [1.807, 2.05) is 97.0 Å². The summed E-state index contributed by atoms with van der Waals surface area (Å²) in [5.74, 6) is 3.43. The Morgan fingerprint density at radius 3 is 1.43 bits per heavy atom. The topological polar surface area (TPSA) is 174 Å². The first kappa shape index (κ1) is 50.0. The number of benzene rings is 2. The molecule has 0 saturated carbocycles. The van der Waals surface area contributed by atoms with E-state index in [2.05, 4.69) is 24.9 Å². The number of aromatic nitrogens is 8. The molecule has 0 aliphatic carbocycles. The maximum atomic E-state index is 8.93. The van der Waals surface area contributed by atoms with Crippen molar-refractivity contribution in [1.82, 2.24) is 39.9 Å². The number of aryl methyl sites for hydroxylation is 2. The molecule has 6 heterocycles. The van der Waals surface area contributed by atoms with Crippen molar-refractivity contribution in [3.63, 3.8) is 0 Å². The second-order valence-electron chi connectivity index (χ2n) is 13.2. The minimum atomic E-state index is 0. The fourth-order valence-corrected chi connectivity index (χ4v) is 8.52. The third-order valence-electron chi connectivity index (χ3n) is 7.84. The summed E-state index contributed by atoms with van der Waals surface area (Å²) in [6.45, 7) is 17.8. The van der Waals surface area contributed by atoms with Gasteiger partial charge >= 0.3 is 29.6 Å². The number of halogens is 3. The summed E-state index contributed by atoms with van der Waals surface area (Å²) in [7, 11) is 0. The molecule has 0 radical (unpaired) electrons. The summed E-state index contributed by atoms with van der Waals surface area (Å²) in [4.78, 5) is 37.4. The van der Waals surface area contributed by atoms with Crippen molar-refractivity contribution < 1.29 is 54.0 Å². The molecule has 1 N–H and O–H groups in total. The van der Waals surface area contributed by atoms with Crippen LogP contribution < -0.4 is 48.9 Å². The summed E-state index contributed by atoms with van der Waals surface area (Å²) in [5.41, 5.74) is 4.93. The van der Waals surface area contributed by atoms with Gasteiger partial charge in [-0.15, -0.1) is 29.3 Å². The molecule has 0 atom stereocenters. The van der Waals surface area contributed by atoms with Gasteiger partial charge in [-0.2, -0.15) is 4.98 Å². The van der Waals surface area contributed by atoms with Crippen molar-refractivity contribution in [2.24, 2.45) is 0 Å². The van der Waals surface area contributed by atoms with Gasteiger partial charge < -0.3 is 24.4 Å². The van der Waals surface area contributed by atoms with Crippen LogP contribution in [0.1, 0.15) is 59.9 Å². The Morgan fingerprint density at radius 1 is 0.623 bits per heavy atom. The van der Waals surface area contributed by atoms with E-state index in [9.17, 15) is 0 Å². The summed E-state index contributed by atoms with van der Waals surface area (Å²) >= 11 is 21.2. The molecule has 61 heavy (non-hydrogen) atoms. The number of rotatable bonds is 8. The Kier molecular flexibility index (Phi) is 19.0. The van der Waals surface area contributed by atoms with Crippen molar-refractivity contribution >= 4 is 98.3 Å². The zero-order valence-corrected chi connectivity index (χ0v) is 41.4. The van der Waals surface area contributed by atoms with Crippen molar-refractivity contribution in [3.8, 4) is 40.2 Å². The van der Waals surface area contributed by atoms with Gasteiger partial charge in [0.25, 0.3) is 0 Å². The van der Waals surface area contributed by atoms with E-state index in [0.717, 1.165) is 69.4 Å². The molecule has 0 saturated heterocycles. The Morgan fingerprint density at radius 2 is 1.02 bits per heavy atom. The van der Waals surface area contributed by atoms with Crippen LogP contribution in [0.4, 0.5) is 0 Å². The Labute approximate surface area is 399 Å². The van der Waals surface area contributed by atoms with E-state index in [4.69, 9.17) is 74.2 Å². The third kappa shape index (κ3) is 12.5. The van der Waals surface area contributed by atoms with E-state index in [0.29, 0.717) is 34.8 Å². The molecule has 13 nitrogen and oxygen atoms in total. The van der Waals surface area contributed by atoms with Gasteiger partial charge in [0, 0.05) is 17.7 Å². The Balaban J connectivity index is 0.000000235. The van der Waals surface area contributed by atoms with Gasteiger partial charge in [-0.05, 0) is 127 Å². The number of ether oxygens (including phenoxy) is 3. The van der Waals surface area contributed by atoms with Crippen LogP contribution >= 0.6 is 57.5 Å². The predicted octanol–water partition coefficient (Wildman–Crippen LogP) is 7.52. The monoisotopic (exact) mass is 932 g/mol. The minimum absolute atomic E-state index is 0. The molecule has 0 unspecified atom stereocenters. The summed E-state index contributed by atoms with van der Waals surface area (Å²) in [6.07, 6.45) is 0.263. The van der Waals surface area contributed by atoms with Gasteiger partial charge in [-0.3, -0.25) is 0 Å². The molecule has 316 valence electrons. The van der Waals surface area contributed by atoms with E-state index in [1.165, 1.54) is 22.7 Å². The van der Waals surface area contributed by atoms with E-state index in [1.54, 1.807) is 13.8 Å². The fraction of sp³-hybridized carbons (Fsp3) is 0.333. The van der Waals surface area contributed by atoms with Crippen LogP contribution in [0.25, 0.3) is 63.6 Å². The fourth-order valence-electron chi connectivity index (χ4n) is 5.70. The SMILES string of the molecule is CCO.CCOc1nc(Cl)nc2c1sc1nc(-c3ccc(OC(C)C)cc3)nc(C)c12.CC[O-].Cc1nc(-c2ccc(OC(C)C)cc2)nc2sc3c(Cl)nc(Cl)nc3c12.[Na+]. The molecule has 8 aromatic rings. The smallest absolute Gasteiger partial charge is 0.855 e. The number of aliphatic hydroxyl groups excluding tert-OH is 1. The van der Waals surface area contributed by atoms with Crippen LogP contribution in [0.5, 0.6) is 17.4 Å². The van der Waals surface area contributed by atoms with Gasteiger partial charge in [0.15, 0.2) is 16.8 Å². The van der Waals surface area contributed by atoms with Gasteiger partial charge in [0.05, 0.1) is 51.2 Å². The van der Waals surface area contributed by atoms with Crippen molar-refractivity contribution in [2.75, 3.05) is 19.8 Å². The van der Waals surface area contributed by atoms with Crippen LogP contribution in [-0.2, 0) is 0 Å². The second kappa shape index (κ2) is 23.2. The van der Waals surface area contributed by atoms with Crippen molar-refractivity contribution in [3.05, 3.63) is 75.6 Å².